The van der Waals surface area contributed by atoms with E-state index in [0.29, 0.717) is 35.6 Å². The fourth-order valence-corrected chi connectivity index (χ4v) is 4.33. The summed E-state index contributed by atoms with van der Waals surface area (Å²) in [5.74, 6) is -1.57. The zero-order chi connectivity index (χ0) is 24.7. The first kappa shape index (κ1) is 23.0. The van der Waals surface area contributed by atoms with E-state index in [0.717, 1.165) is 18.8 Å². The van der Waals surface area contributed by atoms with E-state index in [1.165, 1.54) is 11.1 Å². The second-order valence-corrected chi connectivity index (χ2v) is 8.94. The predicted octanol–water partition coefficient (Wildman–Crippen LogP) is 3.37. The Balaban J connectivity index is 1.38. The molecular formula is C24H23F2N5O4. The number of carbonyl (C=O) groups excluding carboxylic acids is 2. The van der Waals surface area contributed by atoms with Gasteiger partial charge < -0.3 is 14.1 Å². The Morgan fingerprint density at radius 2 is 1.86 bits per heavy atom. The number of alkyl halides is 2. The van der Waals surface area contributed by atoms with Gasteiger partial charge >= 0.3 is 6.43 Å². The standard InChI is InChI=1S/C24H23F2N5O4/c1-24(2)18-11-16(30-7-9-34-10-8-30)5-6-17(18)22(32)31(23(24)33)13-15-4-3-14(12-27-15)20-28-29-21(35-20)19(25)26/h3-6,11-12,19H,7-10,13H2,1-2H3. The van der Waals surface area contributed by atoms with E-state index < -0.39 is 17.7 Å². The third-order valence-corrected chi connectivity index (χ3v) is 6.33. The van der Waals surface area contributed by atoms with Gasteiger partial charge in [0.2, 0.25) is 11.8 Å². The first-order chi connectivity index (χ1) is 16.8. The minimum Gasteiger partial charge on any atom is -0.415 e. The summed E-state index contributed by atoms with van der Waals surface area (Å²) in [4.78, 5) is 34.4. The van der Waals surface area contributed by atoms with Crippen LogP contribution in [0.1, 0.15) is 47.8 Å². The predicted molar refractivity (Wildman–Crippen MR) is 120 cm³/mol. The lowest BCUT2D eigenvalue weighted by Gasteiger charge is -2.38. The van der Waals surface area contributed by atoms with Crippen LogP contribution in [0.4, 0.5) is 14.5 Å². The van der Waals surface area contributed by atoms with Crippen LogP contribution in [0.25, 0.3) is 11.5 Å². The Morgan fingerprint density at radius 1 is 1.09 bits per heavy atom. The van der Waals surface area contributed by atoms with Crippen LogP contribution >= 0.6 is 0 Å². The first-order valence-electron chi connectivity index (χ1n) is 11.2. The van der Waals surface area contributed by atoms with E-state index in [1.807, 2.05) is 26.0 Å². The fraction of sp³-hybridized carbons (Fsp3) is 0.375. The summed E-state index contributed by atoms with van der Waals surface area (Å²) in [5, 5.41) is 6.90. The highest BCUT2D eigenvalue weighted by atomic mass is 19.3. The Kier molecular flexibility index (Phi) is 5.79. The number of morpholine rings is 1. The molecule has 2 aliphatic rings. The van der Waals surface area contributed by atoms with E-state index in [9.17, 15) is 18.4 Å². The van der Waals surface area contributed by atoms with Gasteiger partial charge in [-0.1, -0.05) is 0 Å². The highest BCUT2D eigenvalue weighted by Crippen LogP contribution is 2.37. The molecule has 2 aliphatic heterocycles. The average Bonchev–Trinajstić information content (AvgIpc) is 3.37. The summed E-state index contributed by atoms with van der Waals surface area (Å²) in [7, 11) is 0. The van der Waals surface area contributed by atoms with Gasteiger partial charge in [-0.25, -0.2) is 0 Å². The van der Waals surface area contributed by atoms with Crippen molar-refractivity contribution >= 4 is 17.5 Å². The maximum absolute atomic E-state index is 13.4. The Morgan fingerprint density at radius 3 is 2.51 bits per heavy atom. The van der Waals surface area contributed by atoms with Crippen LogP contribution in [0.15, 0.2) is 40.9 Å². The number of halogens is 2. The quantitative estimate of drug-likeness (QED) is 0.509. The molecule has 0 saturated carbocycles. The number of ether oxygens (including phenoxy) is 1. The Labute approximate surface area is 199 Å². The van der Waals surface area contributed by atoms with Crippen molar-refractivity contribution in [3.63, 3.8) is 0 Å². The Bertz CT molecular complexity index is 1270. The largest absolute Gasteiger partial charge is 0.415 e. The molecule has 3 aromatic rings. The third kappa shape index (κ3) is 4.16. The lowest BCUT2D eigenvalue weighted by atomic mass is 9.77. The summed E-state index contributed by atoms with van der Waals surface area (Å²) in [6.07, 6.45) is -1.49. The number of benzene rings is 1. The number of rotatable bonds is 5. The maximum atomic E-state index is 13.4. The van der Waals surface area contributed by atoms with Gasteiger partial charge in [-0.05, 0) is 49.7 Å². The van der Waals surface area contributed by atoms with Crippen LogP contribution in [0, 0.1) is 0 Å². The number of nitrogens with zero attached hydrogens (tertiary/aromatic N) is 5. The van der Waals surface area contributed by atoms with Crippen molar-refractivity contribution in [1.82, 2.24) is 20.1 Å². The zero-order valence-electron chi connectivity index (χ0n) is 19.2. The van der Waals surface area contributed by atoms with E-state index in [2.05, 4.69) is 20.1 Å². The van der Waals surface area contributed by atoms with Crippen LogP contribution in [0.3, 0.4) is 0 Å². The fourth-order valence-electron chi connectivity index (χ4n) is 4.33. The van der Waals surface area contributed by atoms with Crippen molar-refractivity contribution in [2.24, 2.45) is 0 Å². The minimum atomic E-state index is -2.87. The van der Waals surface area contributed by atoms with Gasteiger partial charge in [-0.3, -0.25) is 19.5 Å². The zero-order valence-corrected chi connectivity index (χ0v) is 19.2. The van der Waals surface area contributed by atoms with E-state index in [4.69, 9.17) is 9.15 Å². The van der Waals surface area contributed by atoms with Crippen LogP contribution in [0.2, 0.25) is 0 Å². The topological polar surface area (TPSA) is 102 Å². The Hall–Kier alpha value is -3.73. The van der Waals surface area contributed by atoms with Crippen molar-refractivity contribution in [3.05, 3.63) is 59.2 Å². The van der Waals surface area contributed by atoms with Gasteiger partial charge in [0, 0.05) is 30.5 Å². The molecular weight excluding hydrogens is 460 g/mol. The summed E-state index contributed by atoms with van der Waals surface area (Å²) in [5.41, 5.74) is 2.03. The van der Waals surface area contributed by atoms with Crippen LogP contribution in [-0.2, 0) is 21.5 Å². The number of hydrogen-bond donors (Lipinski definition) is 0. The van der Waals surface area contributed by atoms with Crippen LogP contribution < -0.4 is 4.90 Å². The molecule has 182 valence electrons. The smallest absolute Gasteiger partial charge is 0.314 e. The molecule has 1 saturated heterocycles. The number of anilines is 1. The van der Waals surface area contributed by atoms with Gasteiger partial charge in [0.15, 0.2) is 0 Å². The summed E-state index contributed by atoms with van der Waals surface area (Å²) >= 11 is 0. The third-order valence-electron chi connectivity index (χ3n) is 6.33. The van der Waals surface area contributed by atoms with Crippen LogP contribution in [-0.4, -0.2) is 58.2 Å². The average molecular weight is 483 g/mol. The van der Waals surface area contributed by atoms with Gasteiger partial charge in [-0.15, -0.1) is 10.2 Å². The molecule has 0 spiro atoms. The molecule has 0 unspecified atom stereocenters. The van der Waals surface area contributed by atoms with Gasteiger partial charge in [0.25, 0.3) is 11.8 Å². The lowest BCUT2D eigenvalue weighted by molar-refractivity contribution is -0.134. The van der Waals surface area contributed by atoms with Crippen molar-refractivity contribution in [2.45, 2.75) is 32.2 Å². The molecule has 0 atom stereocenters. The first-order valence-corrected chi connectivity index (χ1v) is 11.2. The van der Waals surface area contributed by atoms with Crippen molar-refractivity contribution in [2.75, 3.05) is 31.2 Å². The normalized spacial score (nSPS) is 17.7. The van der Waals surface area contributed by atoms with Gasteiger partial charge in [0.1, 0.15) is 0 Å². The second kappa shape index (κ2) is 8.81. The highest BCUT2D eigenvalue weighted by Gasteiger charge is 2.44. The summed E-state index contributed by atoms with van der Waals surface area (Å²) in [6.45, 7) is 6.37. The number of pyridine rings is 1. The maximum Gasteiger partial charge on any atom is 0.314 e. The molecule has 2 amide bonds. The van der Waals surface area contributed by atoms with E-state index in [1.54, 1.807) is 18.2 Å². The molecule has 11 heteroatoms. The second-order valence-electron chi connectivity index (χ2n) is 8.94. The molecule has 1 aromatic carbocycles. The van der Waals surface area contributed by atoms with Crippen molar-refractivity contribution < 1.29 is 27.5 Å². The lowest BCUT2D eigenvalue weighted by Crippen LogP contribution is -2.51. The van der Waals surface area contributed by atoms with E-state index >= 15 is 0 Å². The molecule has 0 aliphatic carbocycles. The number of hydrogen-bond acceptors (Lipinski definition) is 8. The van der Waals surface area contributed by atoms with Gasteiger partial charge in [-0.2, -0.15) is 8.78 Å². The summed E-state index contributed by atoms with van der Waals surface area (Å²) in [6, 6.07) is 8.76. The summed E-state index contributed by atoms with van der Waals surface area (Å²) < 4.78 is 35.7. The van der Waals surface area contributed by atoms with E-state index in [-0.39, 0.29) is 24.2 Å². The molecule has 4 heterocycles. The number of fused-ring (bicyclic) bond motifs is 1. The molecule has 0 bridgehead atoms. The molecule has 0 N–H and O–H groups in total. The number of aromatic nitrogens is 3. The number of amides is 2. The highest BCUT2D eigenvalue weighted by molar-refractivity contribution is 6.13. The molecule has 5 rings (SSSR count). The SMILES string of the molecule is CC1(C)C(=O)N(Cc2ccc(-c3nnc(C(F)F)o3)cn2)C(=O)c2ccc(N3CCOCC3)cc21. The minimum absolute atomic E-state index is 0.0296. The number of carbonyl (C=O) groups is 2. The number of imide groups is 1. The molecule has 9 nitrogen and oxygen atoms in total. The van der Waals surface area contributed by atoms with Crippen molar-refractivity contribution in [1.29, 1.82) is 0 Å². The molecule has 35 heavy (non-hydrogen) atoms. The van der Waals surface area contributed by atoms with Crippen LogP contribution in [0.5, 0.6) is 0 Å². The molecule has 2 aromatic heterocycles. The molecule has 0 radical (unpaired) electrons. The van der Waals surface area contributed by atoms with Gasteiger partial charge in [0.05, 0.1) is 36.4 Å². The van der Waals surface area contributed by atoms with Crippen molar-refractivity contribution in [3.8, 4) is 11.5 Å². The monoisotopic (exact) mass is 483 g/mol. The molecule has 1 fully saturated rings.